The van der Waals surface area contributed by atoms with Crippen LogP contribution in [0.4, 0.5) is 0 Å². The number of rotatable bonds is 5. The molecule has 1 aromatic carbocycles. The minimum absolute atomic E-state index is 0. The Morgan fingerprint density at radius 3 is 2.55 bits per heavy atom. The Morgan fingerprint density at radius 2 is 2.00 bits per heavy atom. The van der Waals surface area contributed by atoms with Crippen molar-refractivity contribution in [2.45, 2.75) is 19.9 Å². The summed E-state index contributed by atoms with van der Waals surface area (Å²) in [5, 5.41) is 4.10. The summed E-state index contributed by atoms with van der Waals surface area (Å²) in [7, 11) is 3.83. The van der Waals surface area contributed by atoms with Crippen LogP contribution in [0, 0.1) is 0 Å². The fourth-order valence-electron chi connectivity index (χ4n) is 1.76. The number of halogens is 2. The van der Waals surface area contributed by atoms with Gasteiger partial charge in [-0.05, 0) is 31.0 Å². The fourth-order valence-corrected chi connectivity index (χ4v) is 1.88. The predicted molar refractivity (Wildman–Crippen MR) is 99.1 cm³/mol. The molecule has 20 heavy (non-hydrogen) atoms. The largest absolute Gasteiger partial charge is 0.356 e. The Labute approximate surface area is 144 Å². The third-order valence-electron chi connectivity index (χ3n) is 2.74. The Kier molecular flexibility index (Phi) is 10.6. The highest BCUT2D eigenvalue weighted by molar-refractivity contribution is 14.0. The van der Waals surface area contributed by atoms with Crippen molar-refractivity contribution < 1.29 is 0 Å². The van der Waals surface area contributed by atoms with Crippen molar-refractivity contribution in [3.63, 3.8) is 0 Å². The van der Waals surface area contributed by atoms with E-state index in [1.165, 1.54) is 5.56 Å². The molecule has 0 saturated heterocycles. The van der Waals surface area contributed by atoms with Gasteiger partial charge < -0.3 is 10.2 Å². The highest BCUT2D eigenvalue weighted by Gasteiger charge is 2.05. The molecule has 0 heterocycles. The van der Waals surface area contributed by atoms with Crippen molar-refractivity contribution in [1.29, 1.82) is 0 Å². The summed E-state index contributed by atoms with van der Waals surface area (Å²) in [5.74, 6) is 0.902. The Hall–Kier alpha value is -0.750. The SMILES string of the molecule is C/C=C/CCNC(=NC)N(C)Cc1ccc(Cl)cc1.I. The molecule has 0 fully saturated rings. The first-order chi connectivity index (χ1) is 9.17. The molecule has 0 unspecified atom stereocenters. The van der Waals surface area contributed by atoms with E-state index in [0.29, 0.717) is 0 Å². The zero-order valence-electron chi connectivity index (χ0n) is 12.3. The molecule has 0 atom stereocenters. The normalized spacial score (nSPS) is 11.3. The second-order valence-corrected chi connectivity index (χ2v) is 4.75. The Bertz CT molecular complexity index is 429. The number of guanidine groups is 1. The number of hydrogen-bond acceptors (Lipinski definition) is 1. The topological polar surface area (TPSA) is 27.6 Å². The first-order valence-electron chi connectivity index (χ1n) is 6.44. The Morgan fingerprint density at radius 1 is 1.35 bits per heavy atom. The van der Waals surface area contributed by atoms with E-state index in [9.17, 15) is 0 Å². The minimum Gasteiger partial charge on any atom is -0.356 e. The minimum atomic E-state index is 0. The quantitative estimate of drug-likeness (QED) is 0.263. The van der Waals surface area contributed by atoms with Crippen LogP contribution < -0.4 is 5.32 Å². The van der Waals surface area contributed by atoms with Gasteiger partial charge in [-0.1, -0.05) is 35.9 Å². The lowest BCUT2D eigenvalue weighted by atomic mass is 10.2. The van der Waals surface area contributed by atoms with Gasteiger partial charge in [0.2, 0.25) is 0 Å². The van der Waals surface area contributed by atoms with E-state index >= 15 is 0 Å². The van der Waals surface area contributed by atoms with E-state index in [1.54, 1.807) is 7.05 Å². The summed E-state index contributed by atoms with van der Waals surface area (Å²) in [6.45, 7) is 3.73. The molecule has 0 aliphatic carbocycles. The number of hydrogen-bond donors (Lipinski definition) is 1. The van der Waals surface area contributed by atoms with Crippen LogP contribution in [0.1, 0.15) is 18.9 Å². The lowest BCUT2D eigenvalue weighted by Crippen LogP contribution is -2.38. The third-order valence-corrected chi connectivity index (χ3v) is 2.99. The molecule has 1 rings (SSSR count). The predicted octanol–water partition coefficient (Wildman–Crippen LogP) is 3.93. The molecule has 0 aliphatic heterocycles. The van der Waals surface area contributed by atoms with Crippen LogP contribution in [0.25, 0.3) is 0 Å². The highest BCUT2D eigenvalue weighted by atomic mass is 127. The van der Waals surface area contributed by atoms with E-state index in [2.05, 4.69) is 27.4 Å². The summed E-state index contributed by atoms with van der Waals surface area (Å²) in [4.78, 5) is 6.38. The van der Waals surface area contributed by atoms with E-state index in [1.807, 2.05) is 38.2 Å². The number of allylic oxidation sites excluding steroid dienone is 1. The second kappa shape index (κ2) is 11.0. The average molecular weight is 408 g/mol. The molecule has 0 bridgehead atoms. The van der Waals surface area contributed by atoms with Gasteiger partial charge in [-0.15, -0.1) is 24.0 Å². The van der Waals surface area contributed by atoms with Crippen LogP contribution in [0.15, 0.2) is 41.4 Å². The van der Waals surface area contributed by atoms with Crippen molar-refractivity contribution in [2.24, 2.45) is 4.99 Å². The van der Waals surface area contributed by atoms with Gasteiger partial charge in [0.1, 0.15) is 0 Å². The van der Waals surface area contributed by atoms with Crippen molar-refractivity contribution in [2.75, 3.05) is 20.6 Å². The number of nitrogens with one attached hydrogen (secondary N) is 1. The van der Waals surface area contributed by atoms with Crippen LogP contribution in [-0.4, -0.2) is 31.5 Å². The summed E-state index contributed by atoms with van der Waals surface area (Å²) in [6.07, 6.45) is 5.20. The van der Waals surface area contributed by atoms with Gasteiger partial charge in [0.05, 0.1) is 0 Å². The maximum atomic E-state index is 5.88. The second-order valence-electron chi connectivity index (χ2n) is 4.31. The van der Waals surface area contributed by atoms with Gasteiger partial charge in [0.25, 0.3) is 0 Å². The van der Waals surface area contributed by atoms with Crippen molar-refractivity contribution in [1.82, 2.24) is 10.2 Å². The first-order valence-corrected chi connectivity index (χ1v) is 6.82. The smallest absolute Gasteiger partial charge is 0.193 e. The van der Waals surface area contributed by atoms with Crippen molar-refractivity contribution >= 4 is 41.5 Å². The van der Waals surface area contributed by atoms with Crippen LogP contribution >= 0.6 is 35.6 Å². The molecular weight excluding hydrogens is 385 g/mol. The summed E-state index contributed by atoms with van der Waals surface area (Å²) in [6, 6.07) is 7.89. The number of aliphatic imine (C=N–C) groups is 1. The molecule has 0 radical (unpaired) electrons. The zero-order chi connectivity index (χ0) is 14.1. The summed E-state index contributed by atoms with van der Waals surface area (Å²) < 4.78 is 0. The van der Waals surface area contributed by atoms with Crippen molar-refractivity contribution in [3.05, 3.63) is 47.0 Å². The molecule has 0 saturated carbocycles. The molecule has 0 amide bonds. The molecule has 3 nitrogen and oxygen atoms in total. The van der Waals surface area contributed by atoms with Gasteiger partial charge in [0, 0.05) is 32.2 Å². The highest BCUT2D eigenvalue weighted by Crippen LogP contribution is 2.10. The van der Waals surface area contributed by atoms with Crippen LogP contribution in [-0.2, 0) is 6.54 Å². The molecule has 112 valence electrons. The first kappa shape index (κ1) is 19.2. The van der Waals surface area contributed by atoms with E-state index in [0.717, 1.165) is 30.5 Å². The van der Waals surface area contributed by atoms with Crippen LogP contribution in [0.2, 0.25) is 5.02 Å². The zero-order valence-corrected chi connectivity index (χ0v) is 15.4. The Balaban J connectivity index is 0.00000361. The van der Waals surface area contributed by atoms with E-state index in [-0.39, 0.29) is 24.0 Å². The van der Waals surface area contributed by atoms with Gasteiger partial charge in [0.15, 0.2) is 5.96 Å². The van der Waals surface area contributed by atoms with E-state index in [4.69, 9.17) is 11.6 Å². The lowest BCUT2D eigenvalue weighted by molar-refractivity contribution is 0.477. The standard InChI is InChI=1S/C15H22ClN3.HI/c1-4-5-6-11-18-15(17-2)19(3)12-13-7-9-14(16)10-8-13;/h4-5,7-10H,6,11-12H2,1-3H3,(H,17,18);1H/b5-4+;. The van der Waals surface area contributed by atoms with Gasteiger partial charge in [-0.3, -0.25) is 4.99 Å². The third kappa shape index (κ3) is 7.14. The molecule has 1 N–H and O–H groups in total. The molecular formula is C15H23ClIN3. The molecule has 1 aromatic rings. The van der Waals surface area contributed by atoms with Gasteiger partial charge in [-0.2, -0.15) is 0 Å². The molecule has 5 heteroatoms. The van der Waals surface area contributed by atoms with Crippen molar-refractivity contribution in [3.8, 4) is 0 Å². The number of benzene rings is 1. The molecule has 0 aliphatic rings. The van der Waals surface area contributed by atoms with Gasteiger partial charge >= 0.3 is 0 Å². The van der Waals surface area contributed by atoms with Crippen LogP contribution in [0.3, 0.4) is 0 Å². The van der Waals surface area contributed by atoms with E-state index < -0.39 is 0 Å². The average Bonchev–Trinajstić information content (AvgIpc) is 2.41. The summed E-state index contributed by atoms with van der Waals surface area (Å²) >= 11 is 5.88. The lowest BCUT2D eigenvalue weighted by Gasteiger charge is -2.22. The monoisotopic (exact) mass is 407 g/mol. The maximum absolute atomic E-state index is 5.88. The van der Waals surface area contributed by atoms with Gasteiger partial charge in [-0.25, -0.2) is 0 Å². The molecule has 0 aromatic heterocycles. The fraction of sp³-hybridized carbons (Fsp3) is 0.400. The van der Waals surface area contributed by atoms with Crippen LogP contribution in [0.5, 0.6) is 0 Å². The maximum Gasteiger partial charge on any atom is 0.193 e. The number of nitrogens with zero attached hydrogens (tertiary/aromatic N) is 2. The summed E-state index contributed by atoms with van der Waals surface area (Å²) in [5.41, 5.74) is 1.21. The molecule has 0 spiro atoms.